The van der Waals surface area contributed by atoms with Gasteiger partial charge < -0.3 is 4.46 Å². The maximum absolute atomic E-state index is 9.64. The standard InChI is InChI=1S/CH2BNOSi/c2-5(4)1-3/h2H2. The Kier molecular flexibility index (Phi) is 1.69. The Morgan fingerprint density at radius 2 is 2.20 bits per heavy atom. The summed E-state index contributed by atoms with van der Waals surface area (Å²) in [6.07, 6.45) is 0. The zero-order valence-electron chi connectivity index (χ0n) is 2.86. The van der Waals surface area contributed by atoms with Gasteiger partial charge in [0.1, 0.15) is 0 Å². The molecule has 0 aromatic rings. The van der Waals surface area contributed by atoms with Crippen LogP contribution in [-0.4, -0.2) is 16.0 Å². The van der Waals surface area contributed by atoms with Crippen molar-refractivity contribution in [1.29, 1.82) is 5.26 Å². The quantitative estimate of drug-likeness (QED) is 0.338. The van der Waals surface area contributed by atoms with Crippen LogP contribution < -0.4 is 0 Å². The van der Waals surface area contributed by atoms with E-state index in [0.717, 1.165) is 0 Å². The first-order chi connectivity index (χ1) is 2.27. The summed E-state index contributed by atoms with van der Waals surface area (Å²) in [6, 6.07) is 0. The minimum atomic E-state index is -1.82. The molecule has 0 amide bonds. The molecule has 2 nitrogen and oxygen atoms in total. The van der Waals surface area contributed by atoms with Crippen molar-refractivity contribution < 1.29 is 4.46 Å². The molecule has 0 unspecified atom stereocenters. The minimum absolute atomic E-state index is 1.41. The predicted molar refractivity (Wildman–Crippen MR) is 20.6 cm³/mol. The molecule has 0 aromatic heterocycles. The summed E-state index contributed by atoms with van der Waals surface area (Å²) in [6.45, 7) is 0. The van der Waals surface area contributed by atoms with Crippen molar-refractivity contribution in [2.24, 2.45) is 0 Å². The average Bonchev–Trinajstić information content (AvgIpc) is 1.38. The van der Waals surface area contributed by atoms with Crippen LogP contribution in [0.15, 0.2) is 0 Å². The van der Waals surface area contributed by atoms with Gasteiger partial charge in [0.2, 0.25) is 0 Å². The molecule has 0 saturated heterocycles. The molecule has 0 aliphatic carbocycles. The maximum Gasteiger partial charge on any atom is 0.339 e. The van der Waals surface area contributed by atoms with Gasteiger partial charge in [-0.1, -0.05) is 0 Å². The lowest BCUT2D eigenvalue weighted by molar-refractivity contribution is 0.579. The van der Waals surface area contributed by atoms with E-state index < -0.39 is 8.55 Å². The largest absolute Gasteiger partial charge is 0.381 e. The molecular formula is CH2BNOSi. The maximum atomic E-state index is 9.64. The van der Waals surface area contributed by atoms with Gasteiger partial charge in [-0.15, -0.1) is 0 Å². The Hall–Kier alpha value is -0.428. The van der Waals surface area contributed by atoms with E-state index in [1.54, 1.807) is 5.69 Å². The fourth-order valence-corrected chi connectivity index (χ4v) is 0. The molecule has 0 heterocycles. The van der Waals surface area contributed by atoms with E-state index >= 15 is 0 Å². The van der Waals surface area contributed by atoms with E-state index in [2.05, 4.69) is 0 Å². The van der Waals surface area contributed by atoms with Gasteiger partial charge in [-0.05, 0) is 0 Å². The molecule has 0 aliphatic heterocycles. The molecule has 0 N–H and O–H groups in total. The third kappa shape index (κ3) is 3.57. The van der Waals surface area contributed by atoms with Crippen LogP contribution in [0, 0.1) is 11.0 Å². The molecule has 0 fully saturated rings. The fourth-order valence-electron chi connectivity index (χ4n) is 0. The number of hydrogen-bond acceptors (Lipinski definition) is 2. The molecular weight excluding hydrogens is 80.9 g/mol. The summed E-state index contributed by atoms with van der Waals surface area (Å²) in [5, 5.41) is 7.63. The van der Waals surface area contributed by atoms with Gasteiger partial charge in [0, 0.05) is 0 Å². The van der Waals surface area contributed by atoms with Crippen molar-refractivity contribution in [3.8, 4) is 5.69 Å². The van der Waals surface area contributed by atoms with Crippen molar-refractivity contribution >= 4 is 16.0 Å². The Morgan fingerprint density at radius 1 is 2.00 bits per heavy atom. The summed E-state index contributed by atoms with van der Waals surface area (Å²) < 4.78 is 9.64. The highest BCUT2D eigenvalue weighted by molar-refractivity contribution is 6.98. The van der Waals surface area contributed by atoms with Gasteiger partial charge in [-0.2, -0.15) is 5.26 Å². The Bertz CT molecular complexity index is 84.1. The van der Waals surface area contributed by atoms with Crippen molar-refractivity contribution in [3.05, 3.63) is 0 Å². The molecule has 0 radical (unpaired) electrons. The second-order valence-corrected chi connectivity index (χ2v) is 2.00. The van der Waals surface area contributed by atoms with Crippen molar-refractivity contribution in [2.75, 3.05) is 0 Å². The normalized spacial score (nSPS) is 5.40. The molecule has 0 bridgehead atoms. The van der Waals surface area contributed by atoms with Crippen LogP contribution in [-0.2, 0) is 4.46 Å². The van der Waals surface area contributed by atoms with Gasteiger partial charge in [-0.3, -0.25) is 0 Å². The number of nitriles is 1. The summed E-state index contributed by atoms with van der Waals surface area (Å²) >= 11 is 0. The molecule has 0 rings (SSSR count). The second-order valence-electron chi connectivity index (χ2n) is 0.668. The molecule has 24 valence electrons. The zero-order chi connectivity index (χ0) is 4.28. The highest BCUT2D eigenvalue weighted by Gasteiger charge is 1.82. The molecule has 0 spiro atoms. The number of nitrogens with zero attached hydrogens (tertiary/aromatic N) is 1. The Balaban J connectivity index is 3.35. The van der Waals surface area contributed by atoms with Crippen LogP contribution in [0.5, 0.6) is 0 Å². The molecule has 0 saturated carbocycles. The van der Waals surface area contributed by atoms with Gasteiger partial charge in [-0.25, -0.2) is 0 Å². The van der Waals surface area contributed by atoms with Crippen LogP contribution in [0.3, 0.4) is 0 Å². The fraction of sp³-hybridized carbons (Fsp3) is 0. The van der Waals surface area contributed by atoms with Crippen LogP contribution in [0.4, 0.5) is 0 Å². The predicted octanol–water partition coefficient (Wildman–Crippen LogP) is -1.40. The molecule has 5 heavy (non-hydrogen) atoms. The van der Waals surface area contributed by atoms with Gasteiger partial charge in [0.25, 0.3) is 0 Å². The molecule has 0 atom stereocenters. The van der Waals surface area contributed by atoms with E-state index in [1.165, 1.54) is 7.44 Å². The molecule has 0 aliphatic rings. The van der Waals surface area contributed by atoms with E-state index in [0.29, 0.717) is 0 Å². The monoisotopic (exact) mass is 83.0 g/mol. The van der Waals surface area contributed by atoms with Crippen molar-refractivity contribution in [3.63, 3.8) is 0 Å². The van der Waals surface area contributed by atoms with Gasteiger partial charge >= 0.3 is 8.55 Å². The van der Waals surface area contributed by atoms with Crippen molar-refractivity contribution in [2.45, 2.75) is 0 Å². The SMILES string of the molecule is B[Si](=O)C#N. The summed E-state index contributed by atoms with van der Waals surface area (Å²) in [7, 11) is -0.411. The summed E-state index contributed by atoms with van der Waals surface area (Å²) in [4.78, 5) is 0. The number of rotatable bonds is 0. The van der Waals surface area contributed by atoms with Crippen LogP contribution in [0.25, 0.3) is 0 Å². The topological polar surface area (TPSA) is 40.9 Å². The number of hydrogen-bond donors (Lipinski definition) is 0. The van der Waals surface area contributed by atoms with Crippen LogP contribution in [0.1, 0.15) is 0 Å². The first-order valence-electron chi connectivity index (χ1n) is 1.18. The van der Waals surface area contributed by atoms with Crippen molar-refractivity contribution in [1.82, 2.24) is 0 Å². The first-order valence-corrected chi connectivity index (χ1v) is 3.09. The Labute approximate surface area is 32.4 Å². The van der Waals surface area contributed by atoms with E-state index in [4.69, 9.17) is 5.26 Å². The van der Waals surface area contributed by atoms with Gasteiger partial charge in [0.05, 0.1) is 5.69 Å². The Morgan fingerprint density at radius 3 is 2.20 bits per heavy atom. The lowest BCUT2D eigenvalue weighted by Gasteiger charge is -1.48. The molecule has 4 heteroatoms. The zero-order valence-corrected chi connectivity index (χ0v) is 3.86. The van der Waals surface area contributed by atoms with E-state index in [9.17, 15) is 4.46 Å². The lowest BCUT2D eigenvalue weighted by atomic mass is 10.8. The lowest BCUT2D eigenvalue weighted by Crippen LogP contribution is -1.90. The van der Waals surface area contributed by atoms with E-state index in [-0.39, 0.29) is 0 Å². The average molecular weight is 82.9 g/mol. The van der Waals surface area contributed by atoms with E-state index in [1.807, 2.05) is 0 Å². The first kappa shape index (κ1) is 4.57. The second kappa shape index (κ2) is 1.85. The summed E-state index contributed by atoms with van der Waals surface area (Å²) in [5.41, 5.74) is 1.57. The summed E-state index contributed by atoms with van der Waals surface area (Å²) in [5.74, 6) is 0. The minimum Gasteiger partial charge on any atom is -0.381 e. The molecule has 0 aromatic carbocycles. The third-order valence-corrected chi connectivity index (χ3v) is 0.472. The third-order valence-electron chi connectivity index (χ3n) is 0.157. The highest BCUT2D eigenvalue weighted by Crippen LogP contribution is 1.39. The van der Waals surface area contributed by atoms with Crippen LogP contribution in [0.2, 0.25) is 0 Å². The van der Waals surface area contributed by atoms with Crippen LogP contribution >= 0.6 is 0 Å². The highest BCUT2D eigenvalue weighted by atomic mass is 28.2. The smallest absolute Gasteiger partial charge is 0.339 e. The van der Waals surface area contributed by atoms with Gasteiger partial charge in [0.15, 0.2) is 7.44 Å².